The summed E-state index contributed by atoms with van der Waals surface area (Å²) < 4.78 is 31.5. The van der Waals surface area contributed by atoms with Gasteiger partial charge in [-0.3, -0.25) is 0 Å². The van der Waals surface area contributed by atoms with Gasteiger partial charge in [-0.25, -0.2) is 13.8 Å². The Morgan fingerprint density at radius 1 is 1.35 bits per heavy atom. The van der Waals surface area contributed by atoms with Gasteiger partial charge in [0.2, 0.25) is 0 Å². The van der Waals surface area contributed by atoms with Gasteiger partial charge in [0.1, 0.15) is 23.7 Å². The number of H-pyrrole nitrogens is 1. The summed E-state index contributed by atoms with van der Waals surface area (Å²) in [6.07, 6.45) is 0.380. The Labute approximate surface area is 113 Å². The molecule has 0 saturated heterocycles. The molecule has 1 saturated carbocycles. The number of aromatic amines is 1. The molecule has 1 aliphatic carbocycles. The van der Waals surface area contributed by atoms with Gasteiger partial charge in [-0.15, -0.1) is 0 Å². The first-order chi connectivity index (χ1) is 9.57. The number of rotatable bonds is 5. The maximum absolute atomic E-state index is 13.1. The zero-order valence-electron chi connectivity index (χ0n) is 10.5. The Morgan fingerprint density at radius 3 is 2.75 bits per heavy atom. The standard InChI is InChI=1S/C12H13F2N5O/c13-11(14)10-9(20-6-12(15)3-4-12)2-1-7(17-10)8-5-16-19-18-8/h1-2,5,11H,3-4,6,15H2,(H,16,18,19). The molecule has 1 fully saturated rings. The van der Waals surface area contributed by atoms with Gasteiger partial charge in [-0.2, -0.15) is 15.4 Å². The van der Waals surface area contributed by atoms with Gasteiger partial charge in [0, 0.05) is 0 Å². The second kappa shape index (κ2) is 4.78. The SMILES string of the molecule is NC1(COc2ccc(-c3cn[nH]n3)nc2C(F)F)CC1. The monoisotopic (exact) mass is 281 g/mol. The molecule has 2 heterocycles. The number of hydrogen-bond acceptors (Lipinski definition) is 5. The molecule has 106 valence electrons. The fraction of sp³-hybridized carbons (Fsp3) is 0.417. The fourth-order valence-corrected chi connectivity index (χ4v) is 1.73. The fourth-order valence-electron chi connectivity index (χ4n) is 1.73. The molecule has 0 amide bonds. The van der Waals surface area contributed by atoms with E-state index in [0.29, 0.717) is 11.4 Å². The molecule has 3 N–H and O–H groups in total. The Hall–Kier alpha value is -2.09. The third-order valence-electron chi connectivity index (χ3n) is 3.18. The normalized spacial score (nSPS) is 16.4. The summed E-state index contributed by atoms with van der Waals surface area (Å²) in [6.45, 7) is 0.220. The van der Waals surface area contributed by atoms with Crippen LogP contribution in [0.2, 0.25) is 0 Å². The van der Waals surface area contributed by atoms with Crippen LogP contribution in [0.15, 0.2) is 18.3 Å². The van der Waals surface area contributed by atoms with Crippen molar-refractivity contribution in [2.75, 3.05) is 6.61 Å². The van der Waals surface area contributed by atoms with E-state index in [0.717, 1.165) is 12.8 Å². The molecule has 2 aromatic rings. The highest BCUT2D eigenvalue weighted by molar-refractivity contribution is 5.54. The number of aromatic nitrogens is 4. The van der Waals surface area contributed by atoms with E-state index in [9.17, 15) is 8.78 Å². The largest absolute Gasteiger partial charge is 0.490 e. The predicted molar refractivity (Wildman–Crippen MR) is 66.2 cm³/mol. The zero-order valence-corrected chi connectivity index (χ0v) is 10.5. The van der Waals surface area contributed by atoms with Crippen LogP contribution in [0.25, 0.3) is 11.4 Å². The summed E-state index contributed by atoms with van der Waals surface area (Å²) in [7, 11) is 0. The second-order valence-electron chi connectivity index (χ2n) is 4.89. The minimum atomic E-state index is -2.73. The lowest BCUT2D eigenvalue weighted by atomic mass is 10.2. The van der Waals surface area contributed by atoms with Gasteiger partial charge in [0.05, 0.1) is 17.4 Å². The molecule has 6 nitrogen and oxygen atoms in total. The van der Waals surface area contributed by atoms with Crippen molar-refractivity contribution in [3.8, 4) is 17.1 Å². The first-order valence-corrected chi connectivity index (χ1v) is 6.14. The van der Waals surface area contributed by atoms with E-state index in [1.807, 2.05) is 0 Å². The van der Waals surface area contributed by atoms with Gasteiger partial charge in [-0.05, 0) is 25.0 Å². The average molecular weight is 281 g/mol. The van der Waals surface area contributed by atoms with Crippen molar-refractivity contribution < 1.29 is 13.5 Å². The molecule has 0 aromatic carbocycles. The van der Waals surface area contributed by atoms with Crippen molar-refractivity contribution in [2.24, 2.45) is 5.73 Å². The first kappa shape index (κ1) is 12.9. The lowest BCUT2D eigenvalue weighted by molar-refractivity contribution is 0.138. The Bertz CT molecular complexity index is 598. The summed E-state index contributed by atoms with van der Waals surface area (Å²) in [4.78, 5) is 3.90. The lowest BCUT2D eigenvalue weighted by Gasteiger charge is -2.14. The second-order valence-corrected chi connectivity index (χ2v) is 4.89. The topological polar surface area (TPSA) is 89.7 Å². The van der Waals surface area contributed by atoms with Crippen LogP contribution in [0.1, 0.15) is 25.0 Å². The molecule has 3 rings (SSSR count). The summed E-state index contributed by atoms with van der Waals surface area (Å²) in [6, 6.07) is 3.03. The first-order valence-electron chi connectivity index (χ1n) is 6.14. The van der Waals surface area contributed by atoms with E-state index in [2.05, 4.69) is 20.4 Å². The summed E-state index contributed by atoms with van der Waals surface area (Å²) in [5, 5.41) is 9.84. The van der Waals surface area contributed by atoms with Crippen molar-refractivity contribution in [2.45, 2.75) is 24.8 Å². The van der Waals surface area contributed by atoms with Gasteiger partial charge < -0.3 is 10.5 Å². The van der Waals surface area contributed by atoms with Crippen LogP contribution in [0, 0.1) is 0 Å². The van der Waals surface area contributed by atoms with E-state index < -0.39 is 12.1 Å². The Morgan fingerprint density at radius 2 is 2.15 bits per heavy atom. The van der Waals surface area contributed by atoms with E-state index >= 15 is 0 Å². The molecule has 0 radical (unpaired) electrons. The Kier molecular flexibility index (Phi) is 3.09. The third-order valence-corrected chi connectivity index (χ3v) is 3.18. The van der Waals surface area contributed by atoms with Crippen LogP contribution in [0.3, 0.4) is 0 Å². The zero-order chi connectivity index (χ0) is 14.2. The van der Waals surface area contributed by atoms with Gasteiger partial charge in [0.15, 0.2) is 0 Å². The van der Waals surface area contributed by atoms with Crippen molar-refractivity contribution in [3.05, 3.63) is 24.0 Å². The van der Waals surface area contributed by atoms with Gasteiger partial charge in [0.25, 0.3) is 6.43 Å². The van der Waals surface area contributed by atoms with Crippen molar-refractivity contribution in [1.29, 1.82) is 0 Å². The minimum Gasteiger partial charge on any atom is -0.490 e. The number of nitrogens with one attached hydrogen (secondary N) is 1. The number of ether oxygens (including phenoxy) is 1. The molecule has 0 atom stereocenters. The van der Waals surface area contributed by atoms with Crippen LogP contribution in [0.5, 0.6) is 5.75 Å². The quantitative estimate of drug-likeness (QED) is 0.870. The highest BCUT2D eigenvalue weighted by Crippen LogP contribution is 2.35. The number of nitrogens with two attached hydrogens (primary N) is 1. The molecule has 2 aromatic heterocycles. The van der Waals surface area contributed by atoms with Crippen LogP contribution < -0.4 is 10.5 Å². The molecular formula is C12H13F2N5O. The van der Waals surface area contributed by atoms with Gasteiger partial charge >= 0.3 is 0 Å². The highest BCUT2D eigenvalue weighted by atomic mass is 19.3. The Balaban J connectivity index is 1.86. The average Bonchev–Trinajstić information content (AvgIpc) is 2.94. The molecule has 20 heavy (non-hydrogen) atoms. The van der Waals surface area contributed by atoms with E-state index in [4.69, 9.17) is 10.5 Å². The minimum absolute atomic E-state index is 0.0592. The molecule has 0 bridgehead atoms. The molecule has 1 aliphatic rings. The summed E-state index contributed by atoms with van der Waals surface area (Å²) in [5.74, 6) is 0.0592. The van der Waals surface area contributed by atoms with Crippen molar-refractivity contribution in [1.82, 2.24) is 20.4 Å². The van der Waals surface area contributed by atoms with E-state index in [-0.39, 0.29) is 17.9 Å². The van der Waals surface area contributed by atoms with Gasteiger partial charge in [-0.1, -0.05) is 0 Å². The third kappa shape index (κ3) is 2.60. The molecule has 0 spiro atoms. The number of pyridine rings is 1. The van der Waals surface area contributed by atoms with Crippen molar-refractivity contribution in [3.63, 3.8) is 0 Å². The van der Waals surface area contributed by atoms with Crippen LogP contribution in [-0.2, 0) is 0 Å². The lowest BCUT2D eigenvalue weighted by Crippen LogP contribution is -2.30. The predicted octanol–water partition coefficient (Wildman–Crippen LogP) is 1.67. The van der Waals surface area contributed by atoms with E-state index in [1.165, 1.54) is 12.3 Å². The summed E-state index contributed by atoms with van der Waals surface area (Å²) in [5.41, 5.74) is 5.81. The van der Waals surface area contributed by atoms with Crippen LogP contribution >= 0.6 is 0 Å². The number of alkyl halides is 2. The summed E-state index contributed by atoms with van der Waals surface area (Å²) >= 11 is 0. The molecular weight excluding hydrogens is 268 g/mol. The molecule has 0 aliphatic heterocycles. The van der Waals surface area contributed by atoms with Crippen molar-refractivity contribution >= 4 is 0 Å². The highest BCUT2D eigenvalue weighted by Gasteiger charge is 2.39. The van der Waals surface area contributed by atoms with Crippen LogP contribution in [0.4, 0.5) is 8.78 Å². The molecule has 8 heteroatoms. The smallest absolute Gasteiger partial charge is 0.284 e. The maximum Gasteiger partial charge on any atom is 0.284 e. The number of hydrogen-bond donors (Lipinski definition) is 2. The van der Waals surface area contributed by atoms with E-state index in [1.54, 1.807) is 6.07 Å². The number of halogens is 2. The maximum atomic E-state index is 13.1. The number of nitrogens with zero attached hydrogens (tertiary/aromatic N) is 3. The molecule has 0 unspecified atom stereocenters. The van der Waals surface area contributed by atoms with Crippen LogP contribution in [-0.4, -0.2) is 32.5 Å².